The van der Waals surface area contributed by atoms with E-state index in [0.717, 1.165) is 31.6 Å². The van der Waals surface area contributed by atoms with Gasteiger partial charge in [-0.05, 0) is 43.9 Å². The summed E-state index contributed by atoms with van der Waals surface area (Å²) in [5.41, 5.74) is -0.0954. The maximum absolute atomic E-state index is 13.3. The van der Waals surface area contributed by atoms with Crippen LogP contribution in [0.3, 0.4) is 0 Å². The highest BCUT2D eigenvalue weighted by Gasteiger charge is 2.31. The maximum atomic E-state index is 13.3. The molecular weight excluding hydrogens is 243 g/mol. The standard InChI is InChI=1S/C15H23FN2O/c1-9-12(16)14(19)18-13(17-9)10-5-7-11(8-6-10)15(2,3)4/h10-11H,5-8H2,1-4H3,(H,17,18,19). The van der Waals surface area contributed by atoms with Crippen molar-refractivity contribution < 1.29 is 4.39 Å². The van der Waals surface area contributed by atoms with E-state index in [1.165, 1.54) is 0 Å². The molecule has 0 saturated heterocycles. The van der Waals surface area contributed by atoms with Gasteiger partial charge in [0.05, 0.1) is 5.69 Å². The first-order chi connectivity index (χ1) is 8.79. The molecule has 1 aliphatic rings. The zero-order valence-electron chi connectivity index (χ0n) is 12.2. The molecule has 1 aromatic rings. The number of aromatic amines is 1. The first-order valence-corrected chi connectivity index (χ1v) is 7.05. The average molecular weight is 266 g/mol. The number of rotatable bonds is 1. The summed E-state index contributed by atoms with van der Waals surface area (Å²) in [6.07, 6.45) is 4.34. The summed E-state index contributed by atoms with van der Waals surface area (Å²) in [7, 11) is 0. The molecule has 0 aliphatic heterocycles. The van der Waals surface area contributed by atoms with Crippen molar-refractivity contribution in [1.29, 1.82) is 0 Å². The van der Waals surface area contributed by atoms with Crippen LogP contribution in [0.4, 0.5) is 4.39 Å². The van der Waals surface area contributed by atoms with Gasteiger partial charge in [0.25, 0.3) is 5.56 Å². The lowest BCUT2D eigenvalue weighted by atomic mass is 9.69. The second-order valence-electron chi connectivity index (χ2n) is 6.77. The van der Waals surface area contributed by atoms with Gasteiger partial charge < -0.3 is 4.98 Å². The summed E-state index contributed by atoms with van der Waals surface area (Å²) in [6.45, 7) is 8.38. The van der Waals surface area contributed by atoms with E-state index in [9.17, 15) is 9.18 Å². The molecule has 0 bridgehead atoms. The number of H-pyrrole nitrogens is 1. The van der Waals surface area contributed by atoms with Gasteiger partial charge in [-0.15, -0.1) is 0 Å². The van der Waals surface area contributed by atoms with Crippen molar-refractivity contribution in [1.82, 2.24) is 9.97 Å². The molecule has 0 radical (unpaired) electrons. The fourth-order valence-corrected chi connectivity index (χ4v) is 3.02. The minimum absolute atomic E-state index is 0.205. The zero-order chi connectivity index (χ0) is 14.2. The second kappa shape index (κ2) is 5.06. The number of hydrogen-bond donors (Lipinski definition) is 1. The molecule has 0 unspecified atom stereocenters. The van der Waals surface area contributed by atoms with Gasteiger partial charge in [0.15, 0.2) is 0 Å². The number of hydrogen-bond acceptors (Lipinski definition) is 2. The van der Waals surface area contributed by atoms with Crippen LogP contribution in [0, 0.1) is 24.1 Å². The van der Waals surface area contributed by atoms with Crippen LogP contribution in [0.2, 0.25) is 0 Å². The Morgan fingerprint density at radius 1 is 1.21 bits per heavy atom. The molecule has 1 aromatic heterocycles. The van der Waals surface area contributed by atoms with Crippen molar-refractivity contribution in [3.8, 4) is 0 Å². The monoisotopic (exact) mass is 266 g/mol. The van der Waals surface area contributed by atoms with E-state index in [-0.39, 0.29) is 11.6 Å². The minimum atomic E-state index is -0.757. The molecule has 1 fully saturated rings. The summed E-state index contributed by atoms with van der Waals surface area (Å²) in [5, 5.41) is 0. The van der Waals surface area contributed by atoms with Crippen molar-refractivity contribution in [2.24, 2.45) is 11.3 Å². The Kier molecular flexibility index (Phi) is 3.79. The van der Waals surface area contributed by atoms with Crippen LogP contribution in [-0.4, -0.2) is 9.97 Å². The summed E-state index contributed by atoms with van der Waals surface area (Å²) >= 11 is 0. The second-order valence-corrected chi connectivity index (χ2v) is 6.77. The van der Waals surface area contributed by atoms with Gasteiger partial charge in [-0.1, -0.05) is 20.8 Å². The summed E-state index contributed by atoms with van der Waals surface area (Å²) in [5.74, 6) is 0.894. The molecule has 1 N–H and O–H groups in total. The summed E-state index contributed by atoms with van der Waals surface area (Å²) in [4.78, 5) is 18.3. The van der Waals surface area contributed by atoms with E-state index >= 15 is 0 Å². The quantitative estimate of drug-likeness (QED) is 0.845. The molecule has 4 heteroatoms. The Morgan fingerprint density at radius 2 is 1.79 bits per heavy atom. The third-order valence-corrected chi connectivity index (χ3v) is 4.39. The van der Waals surface area contributed by atoms with Gasteiger partial charge in [-0.2, -0.15) is 4.39 Å². The van der Waals surface area contributed by atoms with Crippen molar-refractivity contribution >= 4 is 0 Å². The van der Waals surface area contributed by atoms with E-state index in [1.807, 2.05) is 0 Å². The Morgan fingerprint density at radius 3 is 2.26 bits per heavy atom. The first kappa shape index (κ1) is 14.2. The number of aromatic nitrogens is 2. The van der Waals surface area contributed by atoms with Crippen molar-refractivity contribution in [3.05, 3.63) is 27.7 Å². The topological polar surface area (TPSA) is 45.8 Å². The predicted molar refractivity (Wildman–Crippen MR) is 73.7 cm³/mol. The van der Waals surface area contributed by atoms with Crippen LogP contribution in [0.25, 0.3) is 0 Å². The van der Waals surface area contributed by atoms with E-state index in [2.05, 4.69) is 30.7 Å². The molecule has 1 saturated carbocycles. The van der Waals surface area contributed by atoms with E-state index in [0.29, 0.717) is 11.2 Å². The highest BCUT2D eigenvalue weighted by molar-refractivity contribution is 5.07. The first-order valence-electron chi connectivity index (χ1n) is 7.05. The van der Waals surface area contributed by atoms with E-state index in [4.69, 9.17) is 0 Å². The molecule has 3 nitrogen and oxygen atoms in total. The molecule has 19 heavy (non-hydrogen) atoms. The SMILES string of the molecule is Cc1nc(C2CCC(C(C)(C)C)CC2)[nH]c(=O)c1F. The Labute approximate surface area is 113 Å². The van der Waals surface area contributed by atoms with Gasteiger partial charge in [-0.3, -0.25) is 4.79 Å². The molecule has 1 heterocycles. The Bertz CT molecular complexity index is 508. The lowest BCUT2D eigenvalue weighted by molar-refractivity contribution is 0.167. The minimum Gasteiger partial charge on any atom is -0.308 e. The van der Waals surface area contributed by atoms with Crippen LogP contribution in [-0.2, 0) is 0 Å². The molecule has 1 aliphatic carbocycles. The Balaban J connectivity index is 2.12. The van der Waals surface area contributed by atoms with E-state index in [1.54, 1.807) is 6.92 Å². The molecule has 0 spiro atoms. The van der Waals surface area contributed by atoms with Crippen LogP contribution >= 0.6 is 0 Å². The summed E-state index contributed by atoms with van der Waals surface area (Å²) in [6, 6.07) is 0. The van der Waals surface area contributed by atoms with Gasteiger partial charge in [0.1, 0.15) is 5.82 Å². The normalized spacial score (nSPS) is 24.5. The van der Waals surface area contributed by atoms with Crippen LogP contribution < -0.4 is 5.56 Å². The predicted octanol–water partition coefficient (Wildman–Crippen LogP) is 3.54. The maximum Gasteiger partial charge on any atom is 0.287 e. The fourth-order valence-electron chi connectivity index (χ4n) is 3.02. The largest absolute Gasteiger partial charge is 0.308 e. The van der Waals surface area contributed by atoms with Gasteiger partial charge >= 0.3 is 0 Å². The molecular formula is C15H23FN2O. The fraction of sp³-hybridized carbons (Fsp3) is 0.733. The zero-order valence-corrected chi connectivity index (χ0v) is 12.2. The Hall–Kier alpha value is -1.19. The molecule has 0 amide bonds. The smallest absolute Gasteiger partial charge is 0.287 e. The molecule has 0 atom stereocenters. The van der Waals surface area contributed by atoms with E-state index < -0.39 is 11.4 Å². The number of nitrogens with one attached hydrogen (secondary N) is 1. The molecule has 2 rings (SSSR count). The summed E-state index contributed by atoms with van der Waals surface area (Å²) < 4.78 is 13.3. The number of aryl methyl sites for hydroxylation is 1. The highest BCUT2D eigenvalue weighted by Crippen LogP contribution is 2.42. The van der Waals surface area contributed by atoms with Gasteiger partial charge in [0, 0.05) is 5.92 Å². The van der Waals surface area contributed by atoms with Crippen LogP contribution in [0.5, 0.6) is 0 Å². The third-order valence-electron chi connectivity index (χ3n) is 4.39. The third kappa shape index (κ3) is 3.04. The molecule has 106 valence electrons. The number of halogens is 1. The van der Waals surface area contributed by atoms with Crippen molar-refractivity contribution in [2.75, 3.05) is 0 Å². The lowest BCUT2D eigenvalue weighted by Crippen LogP contribution is -2.27. The average Bonchev–Trinajstić information content (AvgIpc) is 2.34. The lowest BCUT2D eigenvalue weighted by Gasteiger charge is -2.36. The van der Waals surface area contributed by atoms with Crippen molar-refractivity contribution in [2.45, 2.75) is 59.3 Å². The highest BCUT2D eigenvalue weighted by atomic mass is 19.1. The van der Waals surface area contributed by atoms with Crippen LogP contribution in [0.1, 0.15) is 63.9 Å². The van der Waals surface area contributed by atoms with Crippen molar-refractivity contribution in [3.63, 3.8) is 0 Å². The molecule has 0 aromatic carbocycles. The van der Waals surface area contributed by atoms with Crippen LogP contribution in [0.15, 0.2) is 4.79 Å². The van der Waals surface area contributed by atoms with Gasteiger partial charge in [0.2, 0.25) is 5.82 Å². The number of nitrogens with zero attached hydrogens (tertiary/aromatic N) is 1. The van der Waals surface area contributed by atoms with Gasteiger partial charge in [-0.25, -0.2) is 4.98 Å².